The van der Waals surface area contributed by atoms with E-state index in [4.69, 9.17) is 5.11 Å². The van der Waals surface area contributed by atoms with E-state index in [1.165, 1.54) is 0 Å². The van der Waals surface area contributed by atoms with Gasteiger partial charge < -0.3 is 15.7 Å². The fourth-order valence-electron chi connectivity index (χ4n) is 1.46. The Morgan fingerprint density at radius 1 is 1.20 bits per heavy atom. The van der Waals surface area contributed by atoms with Gasteiger partial charge in [0.05, 0.1) is 5.69 Å². The van der Waals surface area contributed by atoms with Gasteiger partial charge in [0.25, 0.3) is 0 Å². The molecule has 0 aliphatic carbocycles. The largest absolute Gasteiger partial charge is 0.480 e. The van der Waals surface area contributed by atoms with Crippen LogP contribution in [0.5, 0.6) is 0 Å². The van der Waals surface area contributed by atoms with Gasteiger partial charge in [0, 0.05) is 12.1 Å². The molecule has 2 amide bonds. The third-order valence-electron chi connectivity index (χ3n) is 2.46. The van der Waals surface area contributed by atoms with Crippen molar-refractivity contribution < 1.29 is 27.9 Å². The predicted octanol–water partition coefficient (Wildman–Crippen LogP) is 2.33. The maximum Gasteiger partial charge on any atom is 0.326 e. The highest BCUT2D eigenvalue weighted by Crippen LogP contribution is 2.19. The molecule has 0 radical (unpaired) electrons. The first-order chi connectivity index (χ1) is 9.22. The molecular weight excluding hydrogens is 277 g/mol. The average molecular weight is 290 g/mol. The Balaban J connectivity index is 2.84. The van der Waals surface area contributed by atoms with Gasteiger partial charge in [-0.1, -0.05) is 13.8 Å². The number of anilines is 1. The molecule has 110 valence electrons. The van der Waals surface area contributed by atoms with Crippen molar-refractivity contribution in [3.05, 3.63) is 29.6 Å². The SMILES string of the molecule is CC(C)C(NC(=O)Nc1cc(F)cc(F)c1F)C(=O)O. The summed E-state index contributed by atoms with van der Waals surface area (Å²) in [5.74, 6) is -5.66. The lowest BCUT2D eigenvalue weighted by Crippen LogP contribution is -2.46. The number of benzene rings is 1. The predicted molar refractivity (Wildman–Crippen MR) is 64.7 cm³/mol. The van der Waals surface area contributed by atoms with Crippen molar-refractivity contribution >= 4 is 17.7 Å². The molecule has 0 heterocycles. The average Bonchev–Trinajstić information content (AvgIpc) is 2.31. The maximum atomic E-state index is 13.3. The summed E-state index contributed by atoms with van der Waals surface area (Å²) < 4.78 is 39.1. The molecule has 3 N–H and O–H groups in total. The van der Waals surface area contributed by atoms with Gasteiger partial charge >= 0.3 is 12.0 Å². The molecule has 1 aromatic rings. The van der Waals surface area contributed by atoms with Crippen LogP contribution in [0.15, 0.2) is 12.1 Å². The van der Waals surface area contributed by atoms with Crippen LogP contribution in [0.25, 0.3) is 0 Å². The molecule has 1 unspecified atom stereocenters. The Morgan fingerprint density at radius 2 is 1.80 bits per heavy atom. The van der Waals surface area contributed by atoms with Crippen molar-refractivity contribution in [3.63, 3.8) is 0 Å². The molecule has 8 heteroatoms. The van der Waals surface area contributed by atoms with Gasteiger partial charge in [0.1, 0.15) is 11.9 Å². The zero-order valence-electron chi connectivity index (χ0n) is 10.7. The van der Waals surface area contributed by atoms with Crippen LogP contribution in [0.4, 0.5) is 23.7 Å². The number of hydrogen-bond donors (Lipinski definition) is 3. The number of amides is 2. The van der Waals surface area contributed by atoms with Crippen molar-refractivity contribution in [1.29, 1.82) is 0 Å². The van der Waals surface area contributed by atoms with Gasteiger partial charge in [0.15, 0.2) is 11.6 Å². The van der Waals surface area contributed by atoms with Crippen LogP contribution in [0.1, 0.15) is 13.8 Å². The van der Waals surface area contributed by atoms with E-state index in [0.29, 0.717) is 12.1 Å². The Morgan fingerprint density at radius 3 is 2.30 bits per heavy atom. The fraction of sp³-hybridized carbons (Fsp3) is 0.333. The molecular formula is C12H13F3N2O3. The van der Waals surface area contributed by atoms with Gasteiger partial charge in [-0.3, -0.25) is 0 Å². The van der Waals surface area contributed by atoms with Gasteiger partial charge in [-0.2, -0.15) is 0 Å². The summed E-state index contributed by atoms with van der Waals surface area (Å²) in [6.07, 6.45) is 0. The lowest BCUT2D eigenvalue weighted by atomic mass is 10.1. The molecule has 1 aromatic carbocycles. The van der Waals surface area contributed by atoms with Crippen LogP contribution < -0.4 is 10.6 Å². The van der Waals surface area contributed by atoms with Crippen LogP contribution in [0, 0.1) is 23.4 Å². The van der Waals surface area contributed by atoms with Crippen LogP contribution in [-0.4, -0.2) is 23.1 Å². The minimum atomic E-state index is -1.46. The number of aliphatic carboxylic acids is 1. The van der Waals surface area contributed by atoms with Crippen molar-refractivity contribution in [1.82, 2.24) is 5.32 Å². The van der Waals surface area contributed by atoms with Crippen molar-refractivity contribution in [3.8, 4) is 0 Å². The van der Waals surface area contributed by atoms with Gasteiger partial charge in [-0.15, -0.1) is 0 Å². The van der Waals surface area contributed by atoms with Crippen LogP contribution in [0.3, 0.4) is 0 Å². The zero-order valence-corrected chi connectivity index (χ0v) is 10.7. The molecule has 1 rings (SSSR count). The van der Waals surface area contributed by atoms with Gasteiger partial charge in [-0.25, -0.2) is 22.8 Å². The van der Waals surface area contributed by atoms with E-state index >= 15 is 0 Å². The number of carbonyl (C=O) groups excluding carboxylic acids is 1. The number of halogens is 3. The van der Waals surface area contributed by atoms with E-state index < -0.39 is 47.1 Å². The molecule has 0 aliphatic rings. The van der Waals surface area contributed by atoms with Crippen LogP contribution >= 0.6 is 0 Å². The van der Waals surface area contributed by atoms with Crippen molar-refractivity contribution in [2.24, 2.45) is 5.92 Å². The molecule has 0 bridgehead atoms. The fourth-order valence-corrected chi connectivity index (χ4v) is 1.46. The summed E-state index contributed by atoms with van der Waals surface area (Å²) >= 11 is 0. The lowest BCUT2D eigenvalue weighted by Gasteiger charge is -2.18. The number of urea groups is 1. The molecule has 1 atom stereocenters. The van der Waals surface area contributed by atoms with Crippen molar-refractivity contribution in [2.75, 3.05) is 5.32 Å². The first-order valence-electron chi connectivity index (χ1n) is 5.67. The van der Waals surface area contributed by atoms with Crippen LogP contribution in [0.2, 0.25) is 0 Å². The van der Waals surface area contributed by atoms with E-state index in [0.717, 1.165) is 0 Å². The second-order valence-corrected chi connectivity index (χ2v) is 4.41. The van der Waals surface area contributed by atoms with E-state index in [1.807, 2.05) is 5.32 Å². The number of carboxylic acid groups (broad SMARTS) is 1. The normalized spacial score (nSPS) is 12.1. The maximum absolute atomic E-state index is 13.3. The molecule has 0 saturated carbocycles. The smallest absolute Gasteiger partial charge is 0.326 e. The Labute approximate surface area is 112 Å². The molecule has 0 spiro atoms. The summed E-state index contributed by atoms with van der Waals surface area (Å²) in [5, 5.41) is 12.8. The molecule has 0 aliphatic heterocycles. The summed E-state index contributed by atoms with van der Waals surface area (Å²) in [4.78, 5) is 22.4. The summed E-state index contributed by atoms with van der Waals surface area (Å²) in [6.45, 7) is 3.11. The molecule has 0 saturated heterocycles. The number of hydrogen-bond acceptors (Lipinski definition) is 2. The first kappa shape index (κ1) is 15.8. The highest BCUT2D eigenvalue weighted by atomic mass is 19.2. The quantitative estimate of drug-likeness (QED) is 0.745. The highest BCUT2D eigenvalue weighted by Gasteiger charge is 2.24. The summed E-state index contributed by atoms with van der Waals surface area (Å²) in [5.41, 5.74) is -0.715. The Kier molecular flexibility index (Phi) is 4.95. The zero-order chi connectivity index (χ0) is 15.4. The van der Waals surface area contributed by atoms with Gasteiger partial charge in [0.2, 0.25) is 0 Å². The summed E-state index contributed by atoms with van der Waals surface area (Å²) in [7, 11) is 0. The molecule has 5 nitrogen and oxygen atoms in total. The van der Waals surface area contributed by atoms with Gasteiger partial charge in [-0.05, 0) is 5.92 Å². The molecule has 20 heavy (non-hydrogen) atoms. The monoisotopic (exact) mass is 290 g/mol. The topological polar surface area (TPSA) is 78.4 Å². The lowest BCUT2D eigenvalue weighted by molar-refractivity contribution is -0.140. The van der Waals surface area contributed by atoms with E-state index in [2.05, 4.69) is 5.32 Å². The minimum absolute atomic E-state index is 0.326. The third-order valence-corrected chi connectivity index (χ3v) is 2.46. The Bertz CT molecular complexity index is 535. The summed E-state index contributed by atoms with van der Waals surface area (Å²) in [6, 6.07) is -1.37. The number of carbonyl (C=O) groups is 2. The van der Waals surface area contributed by atoms with E-state index in [-0.39, 0.29) is 0 Å². The number of nitrogens with one attached hydrogen (secondary N) is 2. The molecule has 0 aromatic heterocycles. The van der Waals surface area contributed by atoms with E-state index in [1.54, 1.807) is 13.8 Å². The highest BCUT2D eigenvalue weighted by molar-refractivity contribution is 5.92. The first-order valence-corrected chi connectivity index (χ1v) is 5.67. The molecule has 0 fully saturated rings. The minimum Gasteiger partial charge on any atom is -0.480 e. The third kappa shape index (κ3) is 3.87. The number of rotatable bonds is 4. The van der Waals surface area contributed by atoms with Crippen LogP contribution in [-0.2, 0) is 4.79 Å². The standard InChI is InChI=1S/C12H13F3N2O3/c1-5(2)10(11(18)19)17-12(20)16-8-4-6(13)3-7(14)9(8)15/h3-5,10H,1-2H3,(H,18,19)(H2,16,17,20). The second-order valence-electron chi connectivity index (χ2n) is 4.41. The van der Waals surface area contributed by atoms with E-state index in [9.17, 15) is 22.8 Å². The number of carboxylic acids is 1. The van der Waals surface area contributed by atoms with Crippen molar-refractivity contribution in [2.45, 2.75) is 19.9 Å². The second kappa shape index (κ2) is 6.27. The Hall–Kier alpha value is -2.25.